The van der Waals surface area contributed by atoms with Gasteiger partial charge in [-0.15, -0.1) is 15.8 Å². The molecule has 0 bridgehead atoms. The Hall–Kier alpha value is -4.96. The fourth-order valence-corrected chi connectivity index (χ4v) is 6.47. The van der Waals surface area contributed by atoms with Gasteiger partial charge in [-0.25, -0.2) is 9.34 Å². The second-order valence-electron chi connectivity index (χ2n) is 8.51. The minimum absolute atomic E-state index is 0.358. The minimum atomic E-state index is -2.86. The maximum atomic E-state index is 8.78. The van der Waals surface area contributed by atoms with E-state index in [2.05, 4.69) is 0 Å². The van der Waals surface area contributed by atoms with Gasteiger partial charge in [0.1, 0.15) is 28.7 Å². The molecule has 3 aromatic rings. The van der Waals surface area contributed by atoms with Crippen LogP contribution in [-0.4, -0.2) is 55.7 Å². The summed E-state index contributed by atoms with van der Waals surface area (Å²) in [5.41, 5.74) is 0. The molecular formula is C27H28N7O6P. The highest BCUT2D eigenvalue weighted by atomic mass is 31.2. The Morgan fingerprint density at radius 2 is 0.878 bits per heavy atom. The summed E-state index contributed by atoms with van der Waals surface area (Å²) in [7, 11) is 6.37. The second-order valence-corrected chi connectivity index (χ2v) is 12.0. The summed E-state index contributed by atoms with van der Waals surface area (Å²) < 4.78 is 32.8. The van der Waals surface area contributed by atoms with Gasteiger partial charge in [-0.3, -0.25) is 0 Å². The number of rotatable bonds is 13. The average molecular weight is 578 g/mol. The summed E-state index contributed by atoms with van der Waals surface area (Å²) in [6, 6.07) is 19.4. The Kier molecular flexibility index (Phi) is 10.8. The standard InChI is InChI=1S/C27H28N7O6P/c1-32(2)41(33(3)4,31-40-26-16-10-23(11-17-26)37-20-30)34(5)27(38-24-12-6-21(7-13-24)35-18-28)39-25-14-8-22(9-15-25)36-19-29/h6-17,27H,1-5H3. The first kappa shape index (κ1) is 30.6. The Morgan fingerprint density at radius 1 is 0.561 bits per heavy atom. The van der Waals surface area contributed by atoms with Gasteiger partial charge in [0.15, 0.2) is 5.75 Å². The van der Waals surface area contributed by atoms with Crippen LogP contribution in [-0.2, 0) is 0 Å². The highest BCUT2D eigenvalue weighted by Crippen LogP contribution is 2.57. The van der Waals surface area contributed by atoms with Crippen molar-refractivity contribution >= 4 is 7.51 Å². The van der Waals surface area contributed by atoms with E-state index in [1.165, 1.54) is 0 Å². The molecule has 3 rings (SSSR count). The smallest absolute Gasteiger partial charge is 0.310 e. The molecule has 0 saturated heterocycles. The first-order valence-electron chi connectivity index (χ1n) is 11.9. The molecule has 0 radical (unpaired) electrons. The molecule has 3 aromatic carbocycles. The SMILES string of the molecule is CN(C)P(=NOc1ccc(OC#N)cc1)(N(C)C)N(C)C(Oc1ccc(OC#N)cc1)Oc1ccc(OC#N)cc1. The zero-order valence-corrected chi connectivity index (χ0v) is 23.9. The molecular weight excluding hydrogens is 549 g/mol. The quantitative estimate of drug-likeness (QED) is 0.116. The summed E-state index contributed by atoms with van der Waals surface area (Å²) in [5, 5.41) is 26.3. The molecule has 0 heterocycles. The van der Waals surface area contributed by atoms with Gasteiger partial charge >= 0.3 is 6.41 Å². The van der Waals surface area contributed by atoms with Crippen molar-refractivity contribution in [3.05, 3.63) is 72.8 Å². The monoisotopic (exact) mass is 577 g/mol. The van der Waals surface area contributed by atoms with Crippen molar-refractivity contribution in [3.63, 3.8) is 0 Å². The van der Waals surface area contributed by atoms with E-state index in [1.807, 2.05) is 37.5 Å². The highest BCUT2D eigenvalue weighted by Gasteiger charge is 2.39. The molecule has 0 aliphatic carbocycles. The third kappa shape index (κ3) is 7.80. The van der Waals surface area contributed by atoms with Crippen LogP contribution in [0.5, 0.6) is 34.5 Å². The predicted molar refractivity (Wildman–Crippen MR) is 148 cm³/mol. The molecule has 0 amide bonds. The van der Waals surface area contributed by atoms with Crippen molar-refractivity contribution in [1.29, 1.82) is 15.8 Å². The molecule has 41 heavy (non-hydrogen) atoms. The topological polar surface area (TPSA) is 149 Å². The van der Waals surface area contributed by atoms with Gasteiger partial charge in [-0.05, 0) is 101 Å². The number of nitrogens with zero attached hydrogens (tertiary/aromatic N) is 7. The van der Waals surface area contributed by atoms with Gasteiger partial charge in [0.25, 0.3) is 18.8 Å². The van der Waals surface area contributed by atoms with Gasteiger partial charge in [-0.2, -0.15) is 4.67 Å². The minimum Gasteiger partial charge on any atom is -0.441 e. The van der Waals surface area contributed by atoms with Crippen LogP contribution >= 0.6 is 7.51 Å². The summed E-state index contributed by atoms with van der Waals surface area (Å²) in [6.45, 7) is 0. The summed E-state index contributed by atoms with van der Waals surface area (Å²) >= 11 is 0. The number of hydrogen-bond donors (Lipinski definition) is 0. The number of hydrogen-bond acceptors (Lipinski definition) is 10. The molecule has 13 nitrogen and oxygen atoms in total. The molecule has 0 N–H and O–H groups in total. The van der Waals surface area contributed by atoms with Gasteiger partial charge in [0, 0.05) is 7.05 Å². The molecule has 0 atom stereocenters. The lowest BCUT2D eigenvalue weighted by Crippen LogP contribution is -2.45. The van der Waals surface area contributed by atoms with Crippen molar-refractivity contribution < 1.29 is 28.5 Å². The Morgan fingerprint density at radius 3 is 1.20 bits per heavy atom. The van der Waals surface area contributed by atoms with Crippen LogP contribution in [0.4, 0.5) is 0 Å². The van der Waals surface area contributed by atoms with Crippen molar-refractivity contribution in [2.75, 3.05) is 35.2 Å². The van der Waals surface area contributed by atoms with Crippen LogP contribution in [0.15, 0.2) is 77.7 Å². The fourth-order valence-electron chi connectivity index (χ4n) is 3.66. The fraction of sp³-hybridized carbons (Fsp3) is 0.222. The van der Waals surface area contributed by atoms with E-state index < -0.39 is 13.9 Å². The lowest BCUT2D eigenvalue weighted by Gasteiger charge is -2.43. The molecule has 0 spiro atoms. The van der Waals surface area contributed by atoms with Crippen molar-refractivity contribution in [1.82, 2.24) is 14.0 Å². The van der Waals surface area contributed by atoms with Crippen LogP contribution in [0.2, 0.25) is 0 Å². The molecule has 0 aromatic heterocycles. The molecule has 212 valence electrons. The predicted octanol–water partition coefficient (Wildman–Crippen LogP) is 5.00. The van der Waals surface area contributed by atoms with Gasteiger partial charge < -0.3 is 28.5 Å². The van der Waals surface area contributed by atoms with E-state index >= 15 is 0 Å². The Balaban J connectivity index is 2.01. The van der Waals surface area contributed by atoms with E-state index in [4.69, 9.17) is 49.2 Å². The van der Waals surface area contributed by atoms with E-state index in [0.29, 0.717) is 34.5 Å². The Labute approximate surface area is 238 Å². The van der Waals surface area contributed by atoms with Crippen molar-refractivity contribution in [3.8, 4) is 53.3 Å². The molecule has 0 fully saturated rings. The molecule has 0 saturated carbocycles. The van der Waals surface area contributed by atoms with Crippen molar-refractivity contribution in [2.24, 2.45) is 4.91 Å². The van der Waals surface area contributed by atoms with Crippen LogP contribution < -0.4 is 28.5 Å². The first-order chi connectivity index (χ1) is 19.7. The average Bonchev–Trinajstić information content (AvgIpc) is 2.96. The van der Waals surface area contributed by atoms with E-state index in [-0.39, 0.29) is 0 Å². The van der Waals surface area contributed by atoms with Crippen LogP contribution in [0.3, 0.4) is 0 Å². The van der Waals surface area contributed by atoms with Gasteiger partial charge in [0.2, 0.25) is 7.51 Å². The lowest BCUT2D eigenvalue weighted by atomic mass is 10.3. The normalized spacial score (nSPS) is 10.9. The first-order valence-corrected chi connectivity index (χ1v) is 13.5. The maximum Gasteiger partial charge on any atom is 0.310 e. The molecule has 0 aliphatic heterocycles. The number of benzene rings is 3. The van der Waals surface area contributed by atoms with E-state index in [9.17, 15) is 0 Å². The number of nitriles is 3. The second kappa shape index (κ2) is 14.4. The number of ether oxygens (including phenoxy) is 5. The summed E-state index contributed by atoms with van der Waals surface area (Å²) in [5.74, 6) is 2.38. The Bertz CT molecular complexity index is 1390. The summed E-state index contributed by atoms with van der Waals surface area (Å²) in [4.78, 5) is 10.6. The van der Waals surface area contributed by atoms with Crippen LogP contribution in [0.25, 0.3) is 0 Å². The lowest BCUT2D eigenvalue weighted by molar-refractivity contribution is -0.0703. The molecule has 0 aliphatic rings. The maximum absolute atomic E-state index is 8.78. The van der Waals surface area contributed by atoms with Gasteiger partial charge in [-0.1, -0.05) is 4.91 Å². The summed E-state index contributed by atoms with van der Waals surface area (Å²) in [6.07, 6.45) is 3.85. The van der Waals surface area contributed by atoms with Gasteiger partial charge in [0.05, 0.1) is 0 Å². The van der Waals surface area contributed by atoms with Crippen molar-refractivity contribution in [2.45, 2.75) is 6.41 Å². The third-order valence-corrected chi connectivity index (χ3v) is 8.98. The van der Waals surface area contributed by atoms with Crippen LogP contribution in [0.1, 0.15) is 0 Å². The van der Waals surface area contributed by atoms with Crippen LogP contribution in [0, 0.1) is 34.6 Å². The zero-order valence-electron chi connectivity index (χ0n) is 23.0. The molecule has 14 heteroatoms. The molecule has 0 unspecified atom stereocenters. The zero-order chi connectivity index (χ0) is 29.8. The largest absolute Gasteiger partial charge is 0.441 e. The van der Waals surface area contributed by atoms with E-state index in [0.717, 1.165) is 0 Å². The third-order valence-electron chi connectivity index (χ3n) is 5.49. The highest BCUT2D eigenvalue weighted by molar-refractivity contribution is 7.58. The van der Waals surface area contributed by atoms with E-state index in [1.54, 1.807) is 103 Å².